The molecule has 3 aromatic heterocycles. The molecule has 3 heterocycles. The third kappa shape index (κ3) is 4.83. The third-order valence-corrected chi connectivity index (χ3v) is 6.93. The van der Waals surface area contributed by atoms with Crippen molar-refractivity contribution in [2.24, 2.45) is 0 Å². The number of thiazole rings is 1. The number of nitrogens with zero attached hydrogens (tertiary/aromatic N) is 1. The van der Waals surface area contributed by atoms with Crippen LogP contribution in [0.5, 0.6) is 0 Å². The van der Waals surface area contributed by atoms with E-state index in [1.165, 1.54) is 15.5 Å². The third-order valence-electron chi connectivity index (χ3n) is 3.90. The predicted molar refractivity (Wildman–Crippen MR) is 125 cm³/mol. The van der Waals surface area contributed by atoms with Gasteiger partial charge >= 0.3 is 5.97 Å². The Morgan fingerprint density at radius 2 is 2.10 bits per heavy atom. The SMILES string of the molecule is CC.CCOC(=O)c1sc(-c2cc3cccc(NSc4cccs4)c3[nH]2)nc1C. The number of esters is 1. The zero-order valence-corrected chi connectivity index (χ0v) is 19.2. The number of aromatic amines is 1. The molecule has 0 spiro atoms. The summed E-state index contributed by atoms with van der Waals surface area (Å²) in [7, 11) is 0. The highest BCUT2D eigenvalue weighted by Gasteiger charge is 2.18. The minimum atomic E-state index is -0.315. The summed E-state index contributed by atoms with van der Waals surface area (Å²) in [6.45, 7) is 7.99. The molecule has 0 fully saturated rings. The lowest BCUT2D eigenvalue weighted by Crippen LogP contribution is -2.03. The van der Waals surface area contributed by atoms with Gasteiger partial charge in [0.1, 0.15) is 9.88 Å². The number of aryl methyl sites for hydroxylation is 1. The summed E-state index contributed by atoms with van der Waals surface area (Å²) in [5.41, 5.74) is 3.61. The van der Waals surface area contributed by atoms with E-state index in [0.29, 0.717) is 17.2 Å². The fraction of sp³-hybridized carbons (Fsp3) is 0.238. The number of nitrogens with one attached hydrogen (secondary N) is 2. The maximum absolute atomic E-state index is 12.1. The Morgan fingerprint density at radius 3 is 2.83 bits per heavy atom. The van der Waals surface area contributed by atoms with Gasteiger partial charge in [-0.3, -0.25) is 0 Å². The van der Waals surface area contributed by atoms with E-state index in [0.717, 1.165) is 27.3 Å². The molecule has 0 unspecified atom stereocenters. The Labute approximate surface area is 182 Å². The molecule has 4 aromatic rings. The molecule has 5 nitrogen and oxygen atoms in total. The summed E-state index contributed by atoms with van der Waals surface area (Å²) >= 11 is 4.64. The minimum Gasteiger partial charge on any atom is -0.462 e. The van der Waals surface area contributed by atoms with Crippen LogP contribution < -0.4 is 4.72 Å². The quantitative estimate of drug-likeness (QED) is 0.247. The van der Waals surface area contributed by atoms with Gasteiger partial charge in [-0.05, 0) is 49.4 Å². The van der Waals surface area contributed by atoms with Crippen LogP contribution in [0, 0.1) is 6.92 Å². The van der Waals surface area contributed by atoms with Crippen LogP contribution >= 0.6 is 34.6 Å². The number of para-hydroxylation sites is 1. The lowest BCUT2D eigenvalue weighted by molar-refractivity contribution is 0.0531. The van der Waals surface area contributed by atoms with E-state index in [2.05, 4.69) is 38.3 Å². The molecule has 0 saturated heterocycles. The van der Waals surface area contributed by atoms with Gasteiger partial charge in [0, 0.05) is 5.39 Å². The molecule has 0 aliphatic rings. The van der Waals surface area contributed by atoms with Gasteiger partial charge < -0.3 is 14.4 Å². The molecular weight excluding hydrogens is 422 g/mol. The van der Waals surface area contributed by atoms with Crippen LogP contribution in [0.3, 0.4) is 0 Å². The molecule has 0 saturated carbocycles. The lowest BCUT2D eigenvalue weighted by Gasteiger charge is -2.04. The summed E-state index contributed by atoms with van der Waals surface area (Å²) in [6, 6.07) is 12.3. The smallest absolute Gasteiger partial charge is 0.350 e. The minimum absolute atomic E-state index is 0.315. The fourth-order valence-electron chi connectivity index (χ4n) is 2.68. The molecule has 2 N–H and O–H groups in total. The standard InChI is InChI=1S/C19H17N3O2S3.C2H6/c1-3-24-19(23)17-11(2)20-18(26-17)14-10-12-6-4-7-13(16(12)21-14)22-27-15-8-5-9-25-15;1-2/h4-10,21-22H,3H2,1-2H3;1-2H3. The molecule has 8 heteroatoms. The first-order chi connectivity index (χ1) is 14.2. The van der Waals surface area contributed by atoms with Gasteiger partial charge in [-0.2, -0.15) is 0 Å². The second kappa shape index (κ2) is 9.96. The summed E-state index contributed by atoms with van der Waals surface area (Å²) in [4.78, 5) is 20.6. The van der Waals surface area contributed by atoms with Gasteiger partial charge in [-0.1, -0.05) is 32.0 Å². The van der Waals surface area contributed by atoms with Gasteiger partial charge in [0.25, 0.3) is 0 Å². The Hall–Kier alpha value is -2.29. The van der Waals surface area contributed by atoms with E-state index in [1.807, 2.05) is 39.0 Å². The number of hydrogen-bond acceptors (Lipinski definition) is 7. The first-order valence-corrected chi connectivity index (χ1v) is 11.9. The molecule has 0 amide bonds. The zero-order valence-electron chi connectivity index (χ0n) is 16.7. The Bertz CT molecular complexity index is 1080. The van der Waals surface area contributed by atoms with Gasteiger partial charge in [-0.25, -0.2) is 9.78 Å². The summed E-state index contributed by atoms with van der Waals surface area (Å²) in [6.07, 6.45) is 0. The van der Waals surface area contributed by atoms with Gasteiger partial charge in [0.15, 0.2) is 0 Å². The van der Waals surface area contributed by atoms with Crippen molar-refractivity contribution in [3.63, 3.8) is 0 Å². The van der Waals surface area contributed by atoms with Crippen molar-refractivity contribution in [3.8, 4) is 10.7 Å². The van der Waals surface area contributed by atoms with Crippen molar-refractivity contribution in [1.29, 1.82) is 0 Å². The highest BCUT2D eigenvalue weighted by atomic mass is 32.2. The zero-order chi connectivity index (χ0) is 20.8. The molecule has 0 aliphatic heterocycles. The summed E-state index contributed by atoms with van der Waals surface area (Å²) in [5, 5.41) is 3.93. The first-order valence-electron chi connectivity index (χ1n) is 9.38. The van der Waals surface area contributed by atoms with Crippen LogP contribution in [-0.4, -0.2) is 22.5 Å². The molecular formula is C21H23N3O2S3. The lowest BCUT2D eigenvalue weighted by atomic mass is 10.2. The van der Waals surface area contributed by atoms with E-state index < -0.39 is 0 Å². The van der Waals surface area contributed by atoms with E-state index >= 15 is 0 Å². The number of hydrogen-bond donors (Lipinski definition) is 2. The Kier molecular flexibility index (Phi) is 7.35. The maximum Gasteiger partial charge on any atom is 0.350 e. The van der Waals surface area contributed by atoms with Crippen molar-refractivity contribution in [2.75, 3.05) is 11.3 Å². The number of aromatic nitrogens is 2. The van der Waals surface area contributed by atoms with E-state index in [1.54, 1.807) is 30.2 Å². The summed E-state index contributed by atoms with van der Waals surface area (Å²) in [5.74, 6) is -0.315. The number of benzene rings is 1. The van der Waals surface area contributed by atoms with Gasteiger partial charge in [0.05, 0.1) is 33.4 Å². The Balaban J connectivity index is 0.00000117. The van der Waals surface area contributed by atoms with Crippen molar-refractivity contribution in [2.45, 2.75) is 31.9 Å². The summed E-state index contributed by atoms with van der Waals surface area (Å²) < 4.78 is 9.73. The fourth-order valence-corrected chi connectivity index (χ4v) is 5.07. The van der Waals surface area contributed by atoms with Crippen LogP contribution in [0.15, 0.2) is 46.0 Å². The van der Waals surface area contributed by atoms with Crippen molar-refractivity contribution >= 4 is 57.2 Å². The van der Waals surface area contributed by atoms with E-state index in [4.69, 9.17) is 4.74 Å². The second-order valence-corrected chi connectivity index (χ2v) is 8.80. The molecule has 29 heavy (non-hydrogen) atoms. The number of fused-ring (bicyclic) bond motifs is 1. The van der Waals surface area contributed by atoms with Crippen LogP contribution in [0.1, 0.15) is 36.1 Å². The molecule has 0 bridgehead atoms. The van der Waals surface area contributed by atoms with Gasteiger partial charge in [0.2, 0.25) is 0 Å². The number of rotatable bonds is 6. The van der Waals surface area contributed by atoms with Crippen LogP contribution in [-0.2, 0) is 4.74 Å². The number of ether oxygens (including phenoxy) is 1. The highest BCUT2D eigenvalue weighted by Crippen LogP contribution is 2.34. The van der Waals surface area contributed by atoms with Crippen LogP contribution in [0.25, 0.3) is 21.6 Å². The van der Waals surface area contributed by atoms with E-state index in [-0.39, 0.29) is 5.97 Å². The molecule has 4 rings (SSSR count). The first kappa shape index (κ1) is 21.4. The predicted octanol–water partition coefficient (Wildman–Crippen LogP) is 6.98. The van der Waals surface area contributed by atoms with Crippen LogP contribution in [0.4, 0.5) is 5.69 Å². The molecule has 1 aromatic carbocycles. The van der Waals surface area contributed by atoms with Crippen molar-refractivity contribution in [3.05, 3.63) is 52.3 Å². The van der Waals surface area contributed by atoms with Crippen LogP contribution in [0.2, 0.25) is 0 Å². The maximum atomic E-state index is 12.1. The highest BCUT2D eigenvalue weighted by molar-refractivity contribution is 8.02. The number of carbonyl (C=O) groups is 1. The second-order valence-electron chi connectivity index (χ2n) is 5.74. The molecule has 0 radical (unpaired) electrons. The molecule has 152 valence electrons. The molecule has 0 atom stereocenters. The number of carbonyl (C=O) groups excluding carboxylic acids is 1. The number of H-pyrrole nitrogens is 1. The average molecular weight is 446 g/mol. The Morgan fingerprint density at radius 1 is 1.28 bits per heavy atom. The van der Waals surface area contributed by atoms with E-state index in [9.17, 15) is 4.79 Å². The monoisotopic (exact) mass is 445 g/mol. The number of thiophene rings is 1. The average Bonchev–Trinajstić information content (AvgIpc) is 3.47. The largest absolute Gasteiger partial charge is 0.462 e. The topological polar surface area (TPSA) is 67.0 Å². The normalized spacial score (nSPS) is 10.5. The van der Waals surface area contributed by atoms with Crippen molar-refractivity contribution in [1.82, 2.24) is 9.97 Å². The van der Waals surface area contributed by atoms with Gasteiger partial charge in [-0.15, -0.1) is 22.7 Å². The molecule has 0 aliphatic carbocycles. The van der Waals surface area contributed by atoms with Crippen molar-refractivity contribution < 1.29 is 9.53 Å². The number of anilines is 1.